The Bertz CT molecular complexity index is 586. The molecule has 0 aliphatic heterocycles. The molecular weight excluding hydrogens is 291 g/mol. The summed E-state index contributed by atoms with van der Waals surface area (Å²) in [5.74, 6) is -0.345. The highest BCUT2D eigenvalue weighted by Gasteiger charge is 2.26. The van der Waals surface area contributed by atoms with Crippen molar-refractivity contribution in [3.05, 3.63) is 29.1 Å². The third-order valence-corrected chi connectivity index (χ3v) is 5.49. The zero-order valence-corrected chi connectivity index (χ0v) is 14.2. The van der Waals surface area contributed by atoms with Crippen molar-refractivity contribution in [2.45, 2.75) is 52.1 Å². The van der Waals surface area contributed by atoms with Crippen LogP contribution in [0.25, 0.3) is 0 Å². The number of aryl methyl sites for hydroxylation is 1. The van der Waals surface area contributed by atoms with Crippen LogP contribution in [0.3, 0.4) is 0 Å². The third kappa shape index (κ3) is 4.02. The second-order valence-corrected chi connectivity index (χ2v) is 7.19. The molecule has 0 amide bonds. The molecule has 6 heteroatoms. The smallest absolute Gasteiger partial charge is 0.243 e. The van der Waals surface area contributed by atoms with E-state index < -0.39 is 10.0 Å². The van der Waals surface area contributed by atoms with Gasteiger partial charge >= 0.3 is 0 Å². The molecule has 0 unspecified atom stereocenters. The number of hydrogen-bond acceptors (Lipinski definition) is 3. The lowest BCUT2D eigenvalue weighted by Crippen LogP contribution is -2.36. The maximum atomic E-state index is 14.1. The van der Waals surface area contributed by atoms with Crippen molar-refractivity contribution < 1.29 is 12.8 Å². The first kappa shape index (κ1) is 18.1. The van der Waals surface area contributed by atoms with Crippen LogP contribution >= 0.6 is 0 Å². The maximum absolute atomic E-state index is 14.1. The molecule has 0 aliphatic carbocycles. The lowest BCUT2D eigenvalue weighted by Gasteiger charge is -2.25. The molecule has 4 nitrogen and oxygen atoms in total. The summed E-state index contributed by atoms with van der Waals surface area (Å²) >= 11 is 0. The summed E-state index contributed by atoms with van der Waals surface area (Å²) in [7, 11) is -3.60. The predicted octanol–water partition coefficient (Wildman–Crippen LogP) is 2.66. The second-order valence-electron chi connectivity index (χ2n) is 5.30. The van der Waals surface area contributed by atoms with Gasteiger partial charge in [0.1, 0.15) is 5.82 Å². The Hall–Kier alpha value is -0.980. The summed E-state index contributed by atoms with van der Waals surface area (Å²) < 4.78 is 40.9. The van der Waals surface area contributed by atoms with Crippen LogP contribution in [-0.4, -0.2) is 31.9 Å². The van der Waals surface area contributed by atoms with Crippen LogP contribution < -0.4 is 5.32 Å². The Morgan fingerprint density at radius 2 is 1.90 bits per heavy atom. The monoisotopic (exact) mass is 316 g/mol. The minimum atomic E-state index is -3.60. The van der Waals surface area contributed by atoms with Crippen molar-refractivity contribution in [3.8, 4) is 0 Å². The fourth-order valence-corrected chi connectivity index (χ4v) is 4.07. The molecule has 120 valence electrons. The minimum Gasteiger partial charge on any atom is -0.313 e. The van der Waals surface area contributed by atoms with Gasteiger partial charge in [0, 0.05) is 24.7 Å². The Balaban J connectivity index is 3.33. The first-order valence-corrected chi connectivity index (χ1v) is 8.71. The van der Waals surface area contributed by atoms with Crippen LogP contribution in [0.15, 0.2) is 17.0 Å². The average Bonchev–Trinajstić information content (AvgIpc) is 2.40. The van der Waals surface area contributed by atoms with Gasteiger partial charge in [-0.1, -0.05) is 13.8 Å². The quantitative estimate of drug-likeness (QED) is 0.841. The van der Waals surface area contributed by atoms with Crippen LogP contribution in [-0.2, 0) is 16.6 Å². The van der Waals surface area contributed by atoms with E-state index in [0.29, 0.717) is 30.8 Å². The van der Waals surface area contributed by atoms with Crippen molar-refractivity contribution in [1.82, 2.24) is 9.62 Å². The molecule has 0 aromatic heterocycles. The lowest BCUT2D eigenvalue weighted by atomic mass is 10.1. The van der Waals surface area contributed by atoms with E-state index in [1.807, 2.05) is 20.8 Å². The Labute approximate surface area is 127 Å². The summed E-state index contributed by atoms with van der Waals surface area (Å²) in [6.07, 6.45) is 0. The Kier molecular flexibility index (Phi) is 6.31. The molecule has 0 fully saturated rings. The summed E-state index contributed by atoms with van der Waals surface area (Å²) in [5, 5.41) is 3.03. The summed E-state index contributed by atoms with van der Waals surface area (Å²) in [5.41, 5.74) is 0.735. The van der Waals surface area contributed by atoms with Gasteiger partial charge in [0.15, 0.2) is 0 Å². The number of hydrogen-bond donors (Lipinski definition) is 1. The molecule has 0 saturated carbocycles. The number of benzene rings is 1. The van der Waals surface area contributed by atoms with Crippen molar-refractivity contribution in [3.63, 3.8) is 0 Å². The minimum absolute atomic E-state index is 0.137. The zero-order chi connectivity index (χ0) is 16.2. The van der Waals surface area contributed by atoms with E-state index in [1.165, 1.54) is 16.4 Å². The molecule has 1 aromatic carbocycles. The van der Waals surface area contributed by atoms with Gasteiger partial charge in [-0.2, -0.15) is 4.31 Å². The van der Waals surface area contributed by atoms with Gasteiger partial charge in [0.25, 0.3) is 0 Å². The van der Waals surface area contributed by atoms with E-state index in [-0.39, 0.29) is 16.8 Å². The van der Waals surface area contributed by atoms with E-state index in [2.05, 4.69) is 5.32 Å². The van der Waals surface area contributed by atoms with Crippen LogP contribution in [0.1, 0.15) is 38.8 Å². The SMILES string of the molecule is CCNCc1cc(S(=O)(=O)N(CC)C(C)C)cc(C)c1F. The van der Waals surface area contributed by atoms with E-state index in [1.54, 1.807) is 13.8 Å². The van der Waals surface area contributed by atoms with E-state index in [4.69, 9.17) is 0 Å². The molecule has 0 atom stereocenters. The van der Waals surface area contributed by atoms with Crippen molar-refractivity contribution in [2.24, 2.45) is 0 Å². The molecule has 0 radical (unpaired) electrons. The second kappa shape index (κ2) is 7.33. The molecule has 21 heavy (non-hydrogen) atoms. The molecule has 0 saturated heterocycles. The predicted molar refractivity (Wildman–Crippen MR) is 83.2 cm³/mol. The van der Waals surface area contributed by atoms with E-state index in [9.17, 15) is 12.8 Å². The van der Waals surface area contributed by atoms with E-state index >= 15 is 0 Å². The van der Waals surface area contributed by atoms with Crippen LogP contribution in [0.2, 0.25) is 0 Å². The molecule has 0 aliphatic rings. The molecule has 0 heterocycles. The number of nitrogens with one attached hydrogen (secondary N) is 1. The van der Waals surface area contributed by atoms with Crippen LogP contribution in [0.5, 0.6) is 0 Å². The topological polar surface area (TPSA) is 49.4 Å². The Morgan fingerprint density at radius 1 is 1.29 bits per heavy atom. The molecule has 1 rings (SSSR count). The summed E-state index contributed by atoms with van der Waals surface area (Å²) in [6.45, 7) is 10.4. The van der Waals surface area contributed by atoms with Crippen molar-refractivity contribution >= 4 is 10.0 Å². The average molecular weight is 316 g/mol. The summed E-state index contributed by atoms with van der Waals surface area (Å²) in [4.78, 5) is 0.157. The first-order valence-electron chi connectivity index (χ1n) is 7.27. The van der Waals surface area contributed by atoms with Gasteiger partial charge in [-0.3, -0.25) is 0 Å². The van der Waals surface area contributed by atoms with E-state index in [0.717, 1.165) is 0 Å². The number of sulfonamides is 1. The number of halogens is 1. The van der Waals surface area contributed by atoms with Gasteiger partial charge in [0.2, 0.25) is 10.0 Å². The molecule has 1 N–H and O–H groups in total. The van der Waals surface area contributed by atoms with Crippen molar-refractivity contribution in [2.75, 3.05) is 13.1 Å². The molecule has 1 aromatic rings. The Morgan fingerprint density at radius 3 is 2.38 bits per heavy atom. The fourth-order valence-electron chi connectivity index (χ4n) is 2.29. The van der Waals surface area contributed by atoms with Gasteiger partial charge in [-0.25, -0.2) is 12.8 Å². The molecule has 0 spiro atoms. The zero-order valence-electron chi connectivity index (χ0n) is 13.4. The first-order chi connectivity index (χ1) is 9.75. The molecule has 0 bridgehead atoms. The van der Waals surface area contributed by atoms with Gasteiger partial charge in [-0.15, -0.1) is 0 Å². The number of rotatable bonds is 7. The van der Waals surface area contributed by atoms with Gasteiger partial charge in [-0.05, 0) is 45.0 Å². The van der Waals surface area contributed by atoms with Gasteiger partial charge < -0.3 is 5.32 Å². The summed E-state index contributed by atoms with van der Waals surface area (Å²) in [6, 6.07) is 2.71. The number of nitrogens with zero attached hydrogens (tertiary/aromatic N) is 1. The van der Waals surface area contributed by atoms with Gasteiger partial charge in [0.05, 0.1) is 4.90 Å². The highest BCUT2D eigenvalue weighted by molar-refractivity contribution is 7.89. The largest absolute Gasteiger partial charge is 0.313 e. The molecular formula is C15H25FN2O2S. The maximum Gasteiger partial charge on any atom is 0.243 e. The van der Waals surface area contributed by atoms with Crippen LogP contribution in [0, 0.1) is 12.7 Å². The standard InChI is InChI=1S/C15H25FN2O2S/c1-6-17-10-13-9-14(8-12(5)15(13)16)21(19,20)18(7-2)11(3)4/h8-9,11,17H,6-7,10H2,1-5H3. The van der Waals surface area contributed by atoms with Crippen molar-refractivity contribution in [1.29, 1.82) is 0 Å². The van der Waals surface area contributed by atoms with Crippen LogP contribution in [0.4, 0.5) is 4.39 Å². The highest BCUT2D eigenvalue weighted by Crippen LogP contribution is 2.23. The lowest BCUT2D eigenvalue weighted by molar-refractivity contribution is 0.369. The fraction of sp³-hybridized carbons (Fsp3) is 0.600. The third-order valence-electron chi connectivity index (χ3n) is 3.36. The normalized spacial score (nSPS) is 12.4. The highest BCUT2D eigenvalue weighted by atomic mass is 32.2.